The second-order valence-electron chi connectivity index (χ2n) is 7.21. The first-order valence-electron chi connectivity index (χ1n) is 10.3. The maximum atomic E-state index is 14.0. The number of hydrogen-bond acceptors (Lipinski definition) is 6. The molecule has 3 aromatic carbocycles. The first-order valence-corrected chi connectivity index (χ1v) is 10.3. The van der Waals surface area contributed by atoms with Crippen molar-refractivity contribution in [1.82, 2.24) is 9.55 Å². The standard InChI is InChI=1S/C25H22FN3O4/c1-3-33-25-27-21-10-6-9-20(24(30)32-2)22(21)29(25)15-16-11-13-17(14-12-16)18-7-4-5-8-19(18)23(26)28-31/h4-14,31H,3,15H2,1-2H3/b28-23-. The highest BCUT2D eigenvalue weighted by Gasteiger charge is 2.20. The molecule has 0 saturated carbocycles. The van der Waals surface area contributed by atoms with E-state index in [9.17, 15) is 9.18 Å². The molecule has 7 nitrogen and oxygen atoms in total. The zero-order valence-corrected chi connectivity index (χ0v) is 18.2. The Morgan fingerprint density at radius 3 is 2.48 bits per heavy atom. The fourth-order valence-electron chi connectivity index (χ4n) is 3.77. The van der Waals surface area contributed by atoms with Crippen molar-refractivity contribution in [2.45, 2.75) is 13.5 Å². The molecule has 0 atom stereocenters. The smallest absolute Gasteiger partial charge is 0.340 e. The molecular formula is C25H22FN3O4. The molecule has 0 aliphatic heterocycles. The molecule has 33 heavy (non-hydrogen) atoms. The van der Waals surface area contributed by atoms with Gasteiger partial charge in [-0.05, 0) is 41.8 Å². The van der Waals surface area contributed by atoms with E-state index < -0.39 is 11.9 Å². The largest absolute Gasteiger partial charge is 0.465 e. The van der Waals surface area contributed by atoms with Crippen LogP contribution in [-0.2, 0) is 11.3 Å². The van der Waals surface area contributed by atoms with Gasteiger partial charge in [0, 0.05) is 5.56 Å². The summed E-state index contributed by atoms with van der Waals surface area (Å²) in [6.45, 7) is 2.69. The third-order valence-corrected chi connectivity index (χ3v) is 5.25. The lowest BCUT2D eigenvalue weighted by Crippen LogP contribution is -2.09. The molecule has 0 bridgehead atoms. The van der Waals surface area contributed by atoms with Gasteiger partial charge in [0.15, 0.2) is 0 Å². The number of ether oxygens (including phenoxy) is 2. The van der Waals surface area contributed by atoms with E-state index in [0.717, 1.165) is 11.1 Å². The van der Waals surface area contributed by atoms with Crippen molar-refractivity contribution in [3.8, 4) is 17.1 Å². The van der Waals surface area contributed by atoms with Gasteiger partial charge in [0.2, 0.25) is 0 Å². The summed E-state index contributed by atoms with van der Waals surface area (Å²) in [6, 6.07) is 20.0. The van der Waals surface area contributed by atoms with Gasteiger partial charge in [0.25, 0.3) is 12.0 Å². The van der Waals surface area contributed by atoms with Crippen molar-refractivity contribution in [3.63, 3.8) is 0 Å². The first-order chi connectivity index (χ1) is 16.1. The van der Waals surface area contributed by atoms with Crippen LogP contribution in [0.25, 0.3) is 22.2 Å². The molecular weight excluding hydrogens is 425 g/mol. The van der Waals surface area contributed by atoms with Crippen LogP contribution in [0.15, 0.2) is 71.9 Å². The van der Waals surface area contributed by atoms with Crippen LogP contribution < -0.4 is 4.74 Å². The second kappa shape index (κ2) is 9.52. The second-order valence-corrected chi connectivity index (χ2v) is 7.21. The molecule has 0 unspecified atom stereocenters. The van der Waals surface area contributed by atoms with Gasteiger partial charge in [-0.2, -0.15) is 9.37 Å². The van der Waals surface area contributed by atoms with E-state index in [-0.39, 0.29) is 5.56 Å². The maximum absolute atomic E-state index is 14.0. The van der Waals surface area contributed by atoms with Crippen molar-refractivity contribution in [2.75, 3.05) is 13.7 Å². The number of oxime groups is 1. The van der Waals surface area contributed by atoms with Crippen molar-refractivity contribution in [1.29, 1.82) is 0 Å². The van der Waals surface area contributed by atoms with Crippen LogP contribution in [0.4, 0.5) is 4.39 Å². The van der Waals surface area contributed by atoms with Crippen molar-refractivity contribution >= 4 is 23.0 Å². The number of hydrogen-bond donors (Lipinski definition) is 1. The molecule has 1 heterocycles. The number of fused-ring (bicyclic) bond motifs is 1. The highest BCUT2D eigenvalue weighted by atomic mass is 19.1. The van der Waals surface area contributed by atoms with E-state index in [0.29, 0.717) is 41.3 Å². The number of carbonyl (C=O) groups is 1. The average molecular weight is 447 g/mol. The SMILES string of the molecule is CCOc1nc2cccc(C(=O)OC)c2n1Cc1ccc(-c2ccccc2/C(F)=N/O)cc1. The van der Waals surface area contributed by atoms with Gasteiger partial charge >= 0.3 is 5.97 Å². The van der Waals surface area contributed by atoms with Crippen LogP contribution in [0.1, 0.15) is 28.4 Å². The minimum atomic E-state index is -0.948. The van der Waals surface area contributed by atoms with Gasteiger partial charge in [0.1, 0.15) is 0 Å². The predicted molar refractivity (Wildman–Crippen MR) is 123 cm³/mol. The zero-order chi connectivity index (χ0) is 23.4. The number of halogens is 1. The van der Waals surface area contributed by atoms with E-state index in [2.05, 4.69) is 10.1 Å². The van der Waals surface area contributed by atoms with E-state index in [1.165, 1.54) is 7.11 Å². The quantitative estimate of drug-likeness (QED) is 0.186. The molecule has 8 heteroatoms. The molecule has 1 aromatic heterocycles. The number of aromatic nitrogens is 2. The van der Waals surface area contributed by atoms with Gasteiger partial charge in [-0.1, -0.05) is 53.7 Å². The Hall–Kier alpha value is -4.20. The summed E-state index contributed by atoms with van der Waals surface area (Å²) in [7, 11) is 1.34. The Balaban J connectivity index is 1.74. The Kier molecular flexibility index (Phi) is 6.35. The molecule has 168 valence electrons. The number of imidazole rings is 1. The number of methoxy groups -OCH3 is 1. The third-order valence-electron chi connectivity index (χ3n) is 5.25. The summed E-state index contributed by atoms with van der Waals surface area (Å²) in [6.07, 6.45) is 0. The summed E-state index contributed by atoms with van der Waals surface area (Å²) < 4.78 is 26.5. The highest BCUT2D eigenvalue weighted by Crippen LogP contribution is 2.29. The van der Waals surface area contributed by atoms with E-state index in [4.69, 9.17) is 14.7 Å². The summed E-state index contributed by atoms with van der Waals surface area (Å²) in [5.74, 6) is -1.40. The van der Waals surface area contributed by atoms with E-state index >= 15 is 0 Å². The third kappa shape index (κ3) is 4.27. The average Bonchev–Trinajstić information content (AvgIpc) is 3.20. The van der Waals surface area contributed by atoms with Crippen LogP contribution >= 0.6 is 0 Å². The first kappa shape index (κ1) is 22.0. The number of rotatable bonds is 7. The van der Waals surface area contributed by atoms with Crippen molar-refractivity contribution in [3.05, 3.63) is 83.4 Å². The Labute approximate surface area is 189 Å². The molecule has 0 radical (unpaired) electrons. The monoisotopic (exact) mass is 447 g/mol. The fraction of sp³-hybridized carbons (Fsp3) is 0.160. The molecule has 0 saturated heterocycles. The van der Waals surface area contributed by atoms with Gasteiger partial charge < -0.3 is 14.7 Å². The maximum Gasteiger partial charge on any atom is 0.340 e. The van der Waals surface area contributed by atoms with Gasteiger partial charge in [-0.25, -0.2) is 4.79 Å². The summed E-state index contributed by atoms with van der Waals surface area (Å²) >= 11 is 0. The fourth-order valence-corrected chi connectivity index (χ4v) is 3.77. The number of benzene rings is 3. The molecule has 0 spiro atoms. The summed E-state index contributed by atoms with van der Waals surface area (Å²) in [5.41, 5.74) is 4.16. The molecule has 0 aliphatic rings. The van der Waals surface area contributed by atoms with Gasteiger partial charge in [-0.15, -0.1) is 0 Å². The molecule has 4 aromatic rings. The van der Waals surface area contributed by atoms with E-state index in [1.807, 2.05) is 41.8 Å². The number of para-hydroxylation sites is 1. The van der Waals surface area contributed by atoms with Crippen LogP contribution in [0.5, 0.6) is 6.01 Å². The molecule has 0 amide bonds. The minimum absolute atomic E-state index is 0.203. The highest BCUT2D eigenvalue weighted by molar-refractivity contribution is 6.02. The van der Waals surface area contributed by atoms with Crippen LogP contribution in [0, 0.1) is 0 Å². The number of nitrogens with zero attached hydrogens (tertiary/aromatic N) is 3. The van der Waals surface area contributed by atoms with Crippen LogP contribution in [0.2, 0.25) is 0 Å². The molecule has 0 fully saturated rings. The minimum Gasteiger partial charge on any atom is -0.465 e. The number of carbonyl (C=O) groups excluding carboxylic acids is 1. The lowest BCUT2D eigenvalue weighted by molar-refractivity contribution is 0.0602. The van der Waals surface area contributed by atoms with E-state index in [1.54, 1.807) is 36.4 Å². The predicted octanol–water partition coefficient (Wildman–Crippen LogP) is 5.04. The lowest BCUT2D eigenvalue weighted by atomic mass is 9.99. The molecule has 0 aliphatic carbocycles. The van der Waals surface area contributed by atoms with Crippen molar-refractivity contribution < 1.29 is 23.9 Å². The zero-order valence-electron chi connectivity index (χ0n) is 18.2. The normalized spacial score (nSPS) is 11.5. The summed E-state index contributed by atoms with van der Waals surface area (Å²) in [4.78, 5) is 16.9. The van der Waals surface area contributed by atoms with Crippen LogP contribution in [0.3, 0.4) is 0 Å². The van der Waals surface area contributed by atoms with Gasteiger partial charge in [0.05, 0.1) is 36.9 Å². The summed E-state index contributed by atoms with van der Waals surface area (Å²) in [5, 5.41) is 11.5. The Morgan fingerprint density at radius 2 is 1.79 bits per heavy atom. The topological polar surface area (TPSA) is 85.9 Å². The van der Waals surface area contributed by atoms with Crippen LogP contribution in [-0.4, -0.2) is 40.4 Å². The Morgan fingerprint density at radius 1 is 1.06 bits per heavy atom. The Bertz CT molecular complexity index is 1330. The number of esters is 1. The molecule has 4 rings (SSSR count). The van der Waals surface area contributed by atoms with Gasteiger partial charge in [-0.3, -0.25) is 4.57 Å². The lowest BCUT2D eigenvalue weighted by Gasteiger charge is -2.12. The molecule has 1 N–H and O–H groups in total. The van der Waals surface area contributed by atoms with Crippen molar-refractivity contribution in [2.24, 2.45) is 5.16 Å².